The normalized spacial score (nSPS) is 27.4. The summed E-state index contributed by atoms with van der Waals surface area (Å²) >= 11 is 0. The zero-order chi connectivity index (χ0) is 11.4. The minimum absolute atomic E-state index is 0.610. The van der Waals surface area contributed by atoms with Crippen LogP contribution in [0.5, 0.6) is 0 Å². The van der Waals surface area contributed by atoms with Crippen molar-refractivity contribution in [3.63, 3.8) is 0 Å². The predicted molar refractivity (Wildman–Crippen MR) is 70.6 cm³/mol. The summed E-state index contributed by atoms with van der Waals surface area (Å²) in [7, 11) is 0. The molecule has 1 N–H and O–H groups in total. The number of hydrogen-bond acceptors (Lipinski definition) is 1. The van der Waals surface area contributed by atoms with Gasteiger partial charge in [0.25, 0.3) is 0 Å². The lowest BCUT2D eigenvalue weighted by Crippen LogP contribution is -2.43. The van der Waals surface area contributed by atoms with E-state index in [4.69, 9.17) is 0 Å². The molecule has 0 aromatic rings. The second-order valence-electron chi connectivity index (χ2n) is 6.36. The van der Waals surface area contributed by atoms with Crippen molar-refractivity contribution in [1.29, 1.82) is 0 Å². The van der Waals surface area contributed by atoms with Crippen molar-refractivity contribution in [2.45, 2.75) is 77.7 Å². The molecule has 1 nitrogen and oxygen atoms in total. The fourth-order valence-corrected chi connectivity index (χ4v) is 3.97. The third kappa shape index (κ3) is 2.80. The summed E-state index contributed by atoms with van der Waals surface area (Å²) in [5, 5.41) is 3.79. The van der Waals surface area contributed by atoms with Crippen LogP contribution in [0, 0.1) is 11.3 Å². The van der Waals surface area contributed by atoms with E-state index in [9.17, 15) is 0 Å². The van der Waals surface area contributed by atoms with Crippen molar-refractivity contribution in [2.75, 3.05) is 6.54 Å². The summed E-state index contributed by atoms with van der Waals surface area (Å²) < 4.78 is 0. The second-order valence-corrected chi connectivity index (χ2v) is 6.36. The van der Waals surface area contributed by atoms with Crippen LogP contribution in [0.15, 0.2) is 0 Å². The van der Waals surface area contributed by atoms with Gasteiger partial charge in [-0.15, -0.1) is 0 Å². The van der Waals surface area contributed by atoms with Gasteiger partial charge in [-0.3, -0.25) is 0 Å². The molecule has 0 aliphatic heterocycles. The Morgan fingerprint density at radius 1 is 1.12 bits per heavy atom. The highest BCUT2D eigenvalue weighted by molar-refractivity contribution is 4.92. The van der Waals surface area contributed by atoms with Crippen LogP contribution in [0.25, 0.3) is 0 Å². The van der Waals surface area contributed by atoms with Crippen molar-refractivity contribution >= 4 is 0 Å². The Kier molecular flexibility index (Phi) is 4.29. The standard InChI is InChI=1S/C15H29N/c1-3-16-14(12-13-8-4-5-9-13)15(2)10-6-7-11-15/h13-14,16H,3-12H2,1-2H3. The molecule has 1 atom stereocenters. The number of nitrogens with one attached hydrogen (secondary N) is 1. The molecule has 2 aliphatic rings. The molecule has 94 valence electrons. The molecule has 1 unspecified atom stereocenters. The minimum atomic E-state index is 0.610. The SMILES string of the molecule is CCNC(CC1CCCC1)C1(C)CCCC1. The molecule has 0 aromatic carbocycles. The van der Waals surface area contributed by atoms with Crippen LogP contribution in [0.3, 0.4) is 0 Å². The van der Waals surface area contributed by atoms with E-state index in [1.165, 1.54) is 57.8 Å². The average molecular weight is 223 g/mol. The molecular weight excluding hydrogens is 194 g/mol. The molecule has 1 heteroatoms. The fraction of sp³-hybridized carbons (Fsp3) is 1.00. The minimum Gasteiger partial charge on any atom is -0.314 e. The molecule has 2 saturated carbocycles. The highest BCUT2D eigenvalue weighted by Gasteiger charge is 2.37. The summed E-state index contributed by atoms with van der Waals surface area (Å²) in [6.07, 6.45) is 13.3. The van der Waals surface area contributed by atoms with E-state index in [1.807, 2.05) is 0 Å². The van der Waals surface area contributed by atoms with Crippen LogP contribution in [-0.4, -0.2) is 12.6 Å². The van der Waals surface area contributed by atoms with Crippen LogP contribution in [0.4, 0.5) is 0 Å². The Morgan fingerprint density at radius 3 is 2.31 bits per heavy atom. The van der Waals surface area contributed by atoms with E-state index < -0.39 is 0 Å². The lowest BCUT2D eigenvalue weighted by Gasteiger charge is -2.36. The Bertz CT molecular complexity index is 199. The van der Waals surface area contributed by atoms with Crippen LogP contribution >= 0.6 is 0 Å². The van der Waals surface area contributed by atoms with Gasteiger partial charge in [-0.05, 0) is 37.1 Å². The highest BCUT2D eigenvalue weighted by Crippen LogP contribution is 2.43. The first-order chi connectivity index (χ1) is 7.74. The topological polar surface area (TPSA) is 12.0 Å². The van der Waals surface area contributed by atoms with Gasteiger partial charge in [-0.25, -0.2) is 0 Å². The Hall–Kier alpha value is -0.0400. The summed E-state index contributed by atoms with van der Waals surface area (Å²) in [5.41, 5.74) is 0.610. The van der Waals surface area contributed by atoms with Gasteiger partial charge in [0.2, 0.25) is 0 Å². The Labute approximate surface area is 101 Å². The maximum Gasteiger partial charge on any atom is 0.0123 e. The molecule has 2 rings (SSSR count). The maximum atomic E-state index is 3.79. The summed E-state index contributed by atoms with van der Waals surface area (Å²) in [6.45, 7) is 5.94. The fourth-order valence-electron chi connectivity index (χ4n) is 3.97. The molecule has 0 radical (unpaired) electrons. The van der Waals surface area contributed by atoms with E-state index in [-0.39, 0.29) is 0 Å². The third-order valence-electron chi connectivity index (χ3n) is 5.08. The van der Waals surface area contributed by atoms with Gasteiger partial charge in [-0.1, -0.05) is 52.4 Å². The van der Waals surface area contributed by atoms with Crippen molar-refractivity contribution in [2.24, 2.45) is 11.3 Å². The largest absolute Gasteiger partial charge is 0.314 e. The number of rotatable bonds is 5. The predicted octanol–water partition coefficient (Wildman–Crippen LogP) is 4.13. The van der Waals surface area contributed by atoms with Gasteiger partial charge >= 0.3 is 0 Å². The molecule has 0 bridgehead atoms. The summed E-state index contributed by atoms with van der Waals surface area (Å²) in [6, 6.07) is 0.795. The van der Waals surface area contributed by atoms with Crippen LogP contribution in [0.2, 0.25) is 0 Å². The summed E-state index contributed by atoms with van der Waals surface area (Å²) in [4.78, 5) is 0. The van der Waals surface area contributed by atoms with E-state index >= 15 is 0 Å². The van der Waals surface area contributed by atoms with Gasteiger partial charge in [-0.2, -0.15) is 0 Å². The van der Waals surface area contributed by atoms with Gasteiger partial charge < -0.3 is 5.32 Å². The van der Waals surface area contributed by atoms with Gasteiger partial charge in [0, 0.05) is 6.04 Å². The lowest BCUT2D eigenvalue weighted by molar-refractivity contribution is 0.190. The van der Waals surface area contributed by atoms with Crippen molar-refractivity contribution in [1.82, 2.24) is 5.32 Å². The molecule has 0 saturated heterocycles. The van der Waals surface area contributed by atoms with E-state index in [1.54, 1.807) is 0 Å². The third-order valence-corrected chi connectivity index (χ3v) is 5.08. The zero-order valence-corrected chi connectivity index (χ0v) is 11.2. The summed E-state index contributed by atoms with van der Waals surface area (Å²) in [5.74, 6) is 1.03. The monoisotopic (exact) mass is 223 g/mol. The van der Waals surface area contributed by atoms with Crippen LogP contribution < -0.4 is 5.32 Å². The van der Waals surface area contributed by atoms with E-state index in [2.05, 4.69) is 19.2 Å². The molecule has 2 aliphatic carbocycles. The maximum absolute atomic E-state index is 3.79. The Morgan fingerprint density at radius 2 is 1.75 bits per heavy atom. The lowest BCUT2D eigenvalue weighted by atomic mass is 9.76. The van der Waals surface area contributed by atoms with Gasteiger partial charge in [0.1, 0.15) is 0 Å². The van der Waals surface area contributed by atoms with E-state index in [0.717, 1.165) is 18.5 Å². The van der Waals surface area contributed by atoms with Crippen molar-refractivity contribution in [3.8, 4) is 0 Å². The molecule has 16 heavy (non-hydrogen) atoms. The molecule has 0 aromatic heterocycles. The molecule has 0 amide bonds. The average Bonchev–Trinajstić information content (AvgIpc) is 2.89. The molecular formula is C15H29N. The van der Waals surface area contributed by atoms with Crippen molar-refractivity contribution < 1.29 is 0 Å². The molecule has 2 fully saturated rings. The van der Waals surface area contributed by atoms with Crippen molar-refractivity contribution in [3.05, 3.63) is 0 Å². The van der Waals surface area contributed by atoms with Gasteiger partial charge in [0.05, 0.1) is 0 Å². The first-order valence-corrected chi connectivity index (χ1v) is 7.48. The number of hydrogen-bond donors (Lipinski definition) is 1. The first kappa shape index (κ1) is 12.4. The quantitative estimate of drug-likeness (QED) is 0.739. The Balaban J connectivity index is 1.92. The second kappa shape index (κ2) is 5.53. The smallest absolute Gasteiger partial charge is 0.0123 e. The van der Waals surface area contributed by atoms with Crippen LogP contribution in [0.1, 0.15) is 71.6 Å². The van der Waals surface area contributed by atoms with Crippen LogP contribution in [-0.2, 0) is 0 Å². The highest BCUT2D eigenvalue weighted by atomic mass is 14.9. The first-order valence-electron chi connectivity index (χ1n) is 7.48. The molecule has 0 heterocycles. The van der Waals surface area contributed by atoms with E-state index in [0.29, 0.717) is 5.41 Å². The van der Waals surface area contributed by atoms with Gasteiger partial charge in [0.15, 0.2) is 0 Å². The molecule has 0 spiro atoms. The zero-order valence-electron chi connectivity index (χ0n) is 11.2.